The van der Waals surface area contributed by atoms with Crippen molar-refractivity contribution in [2.45, 2.75) is 6.92 Å². The maximum absolute atomic E-state index is 7.03. The summed E-state index contributed by atoms with van der Waals surface area (Å²) in [4.78, 5) is 8.02. The number of hydrogen-bond acceptors (Lipinski definition) is 6. The third-order valence-electron chi connectivity index (χ3n) is 1.93. The molecule has 0 aromatic carbocycles. The summed E-state index contributed by atoms with van der Waals surface area (Å²) in [7, 11) is 0. The molecule has 0 unspecified atom stereocenters. The Bertz CT molecular complexity index is 516. The lowest BCUT2D eigenvalue weighted by Gasteiger charge is -2.03. The highest BCUT2D eigenvalue weighted by molar-refractivity contribution is 5.80. The van der Waals surface area contributed by atoms with Gasteiger partial charge in [0.05, 0.1) is 6.20 Å². The smallest absolute Gasteiger partial charge is 0.153 e. The second-order valence-corrected chi connectivity index (χ2v) is 3.23. The molecule has 0 aliphatic rings. The molecular formula is C9H11N7. The lowest BCUT2D eigenvalue weighted by Crippen LogP contribution is -2.03. The Morgan fingerprint density at radius 3 is 2.88 bits per heavy atom. The molecule has 0 fully saturated rings. The maximum atomic E-state index is 7.03. The Hall–Kier alpha value is -2.44. The van der Waals surface area contributed by atoms with E-state index in [9.17, 15) is 0 Å². The molecule has 5 N–H and O–H groups in total. The highest BCUT2D eigenvalue weighted by Gasteiger charge is 2.03. The van der Waals surface area contributed by atoms with Crippen molar-refractivity contribution in [2.24, 2.45) is 0 Å². The number of nitrogens with two attached hydrogens (primary N) is 1. The topological polar surface area (TPSA) is 116 Å². The molecule has 0 saturated heterocycles. The molecule has 7 heteroatoms. The number of hydrogen-bond donors (Lipinski definition) is 4. The quantitative estimate of drug-likeness (QED) is 0.568. The van der Waals surface area contributed by atoms with Gasteiger partial charge >= 0.3 is 0 Å². The number of H-pyrrole nitrogens is 1. The van der Waals surface area contributed by atoms with Gasteiger partial charge in [0.15, 0.2) is 17.5 Å². The van der Waals surface area contributed by atoms with Crippen molar-refractivity contribution in [1.29, 1.82) is 5.41 Å². The zero-order valence-corrected chi connectivity index (χ0v) is 8.65. The summed E-state index contributed by atoms with van der Waals surface area (Å²) in [6, 6.07) is 1.84. The van der Waals surface area contributed by atoms with Crippen LogP contribution in [0.3, 0.4) is 0 Å². The first-order valence-electron chi connectivity index (χ1n) is 4.61. The van der Waals surface area contributed by atoms with E-state index in [0.29, 0.717) is 17.3 Å². The first-order valence-corrected chi connectivity index (χ1v) is 4.61. The molecule has 82 valence electrons. The number of nitrogens with zero attached hydrogens (tertiary/aromatic N) is 3. The zero-order chi connectivity index (χ0) is 11.5. The van der Waals surface area contributed by atoms with Crippen LogP contribution in [-0.2, 0) is 0 Å². The SMILES string of the molecule is Cc1cc(Nc2cnc(C=N)c(N)n2)n[nH]1. The monoisotopic (exact) mass is 217 g/mol. The van der Waals surface area contributed by atoms with Gasteiger partial charge in [-0.25, -0.2) is 9.97 Å². The summed E-state index contributed by atoms with van der Waals surface area (Å²) >= 11 is 0. The van der Waals surface area contributed by atoms with Crippen LogP contribution < -0.4 is 11.1 Å². The van der Waals surface area contributed by atoms with E-state index in [2.05, 4.69) is 25.5 Å². The molecule has 0 aliphatic heterocycles. The minimum atomic E-state index is 0.215. The van der Waals surface area contributed by atoms with E-state index in [1.165, 1.54) is 6.20 Å². The van der Waals surface area contributed by atoms with Crippen LogP contribution in [0, 0.1) is 12.3 Å². The molecule has 0 spiro atoms. The van der Waals surface area contributed by atoms with E-state index in [-0.39, 0.29) is 5.82 Å². The third kappa shape index (κ3) is 1.97. The lowest BCUT2D eigenvalue weighted by molar-refractivity contribution is 1.05. The average Bonchev–Trinajstić information content (AvgIpc) is 2.64. The summed E-state index contributed by atoms with van der Waals surface area (Å²) in [6.07, 6.45) is 2.56. The van der Waals surface area contributed by atoms with Gasteiger partial charge in [0, 0.05) is 18.0 Å². The van der Waals surface area contributed by atoms with Crippen LogP contribution in [0.15, 0.2) is 12.3 Å². The van der Waals surface area contributed by atoms with E-state index >= 15 is 0 Å². The van der Waals surface area contributed by atoms with Gasteiger partial charge in [0.25, 0.3) is 0 Å². The predicted molar refractivity (Wildman–Crippen MR) is 60.9 cm³/mol. The minimum Gasteiger partial charge on any atom is -0.382 e. The number of nitrogens with one attached hydrogen (secondary N) is 3. The molecular weight excluding hydrogens is 206 g/mol. The van der Waals surface area contributed by atoms with Gasteiger partial charge in [0.2, 0.25) is 0 Å². The van der Waals surface area contributed by atoms with Crippen LogP contribution in [0.2, 0.25) is 0 Å². The maximum Gasteiger partial charge on any atom is 0.153 e. The van der Waals surface area contributed by atoms with Crippen molar-refractivity contribution in [3.05, 3.63) is 23.7 Å². The fraction of sp³-hybridized carbons (Fsp3) is 0.111. The van der Waals surface area contributed by atoms with Gasteiger partial charge in [-0.2, -0.15) is 5.10 Å². The van der Waals surface area contributed by atoms with Crippen LogP contribution in [0.1, 0.15) is 11.4 Å². The number of anilines is 3. The van der Waals surface area contributed by atoms with E-state index in [4.69, 9.17) is 11.1 Å². The molecule has 2 rings (SSSR count). The average molecular weight is 217 g/mol. The van der Waals surface area contributed by atoms with Crippen molar-refractivity contribution in [2.75, 3.05) is 11.1 Å². The Labute approximate surface area is 91.6 Å². The summed E-state index contributed by atoms with van der Waals surface area (Å²) in [5.74, 6) is 1.36. The van der Waals surface area contributed by atoms with Crippen molar-refractivity contribution in [3.8, 4) is 0 Å². The number of aromatic amines is 1. The third-order valence-corrected chi connectivity index (χ3v) is 1.93. The van der Waals surface area contributed by atoms with Gasteiger partial charge in [-0.1, -0.05) is 0 Å². The fourth-order valence-electron chi connectivity index (χ4n) is 1.20. The molecule has 0 aliphatic carbocycles. The van der Waals surface area contributed by atoms with Crippen molar-refractivity contribution >= 4 is 23.7 Å². The Morgan fingerprint density at radius 1 is 1.50 bits per heavy atom. The molecule has 0 saturated carbocycles. The Morgan fingerprint density at radius 2 is 2.31 bits per heavy atom. The number of aromatic nitrogens is 4. The van der Waals surface area contributed by atoms with Gasteiger partial charge in [0.1, 0.15) is 5.69 Å². The van der Waals surface area contributed by atoms with Crippen LogP contribution in [0.4, 0.5) is 17.5 Å². The molecule has 0 amide bonds. The van der Waals surface area contributed by atoms with Crippen LogP contribution in [0.25, 0.3) is 0 Å². The fourth-order valence-corrected chi connectivity index (χ4v) is 1.20. The normalized spacial score (nSPS) is 10.1. The van der Waals surface area contributed by atoms with Crippen molar-refractivity contribution < 1.29 is 0 Å². The predicted octanol–water partition coefficient (Wildman–Crippen LogP) is 0.832. The van der Waals surface area contributed by atoms with Crippen LogP contribution in [-0.4, -0.2) is 26.4 Å². The van der Waals surface area contributed by atoms with Crippen molar-refractivity contribution in [3.63, 3.8) is 0 Å². The number of rotatable bonds is 3. The highest BCUT2D eigenvalue weighted by atomic mass is 15.2. The molecule has 2 aromatic heterocycles. The van der Waals surface area contributed by atoms with Crippen LogP contribution >= 0.6 is 0 Å². The molecule has 2 heterocycles. The Kier molecular flexibility index (Phi) is 2.50. The van der Waals surface area contributed by atoms with Gasteiger partial charge < -0.3 is 16.5 Å². The van der Waals surface area contributed by atoms with E-state index in [1.807, 2.05) is 13.0 Å². The summed E-state index contributed by atoms with van der Waals surface area (Å²) in [5.41, 5.74) is 6.89. The molecule has 16 heavy (non-hydrogen) atoms. The summed E-state index contributed by atoms with van der Waals surface area (Å²) < 4.78 is 0. The molecule has 0 atom stereocenters. The number of nitrogen functional groups attached to an aromatic ring is 1. The second-order valence-electron chi connectivity index (χ2n) is 3.23. The van der Waals surface area contributed by atoms with E-state index in [0.717, 1.165) is 11.9 Å². The zero-order valence-electron chi connectivity index (χ0n) is 8.65. The molecule has 7 nitrogen and oxygen atoms in total. The first-order chi connectivity index (χ1) is 7.69. The minimum absolute atomic E-state index is 0.215. The highest BCUT2D eigenvalue weighted by Crippen LogP contribution is 2.13. The molecule has 0 radical (unpaired) electrons. The van der Waals surface area contributed by atoms with Crippen LogP contribution in [0.5, 0.6) is 0 Å². The first kappa shape index (κ1) is 10.1. The summed E-state index contributed by atoms with van der Waals surface area (Å²) in [6.45, 7) is 1.90. The standard InChI is InChI=1S/C9H11N7/c1-5-2-7(16-15-5)13-8-4-12-6(3-10)9(11)14-8/h2-4,10H,1H3,(H4,11,13,14,15,16). The van der Waals surface area contributed by atoms with Gasteiger partial charge in [-0.05, 0) is 6.92 Å². The largest absolute Gasteiger partial charge is 0.382 e. The van der Waals surface area contributed by atoms with E-state index < -0.39 is 0 Å². The van der Waals surface area contributed by atoms with E-state index in [1.54, 1.807) is 0 Å². The lowest BCUT2D eigenvalue weighted by atomic mass is 10.4. The number of aryl methyl sites for hydroxylation is 1. The van der Waals surface area contributed by atoms with Gasteiger partial charge in [-0.15, -0.1) is 0 Å². The Balaban J connectivity index is 2.22. The molecule has 2 aromatic rings. The van der Waals surface area contributed by atoms with Crippen molar-refractivity contribution in [1.82, 2.24) is 20.2 Å². The second kappa shape index (κ2) is 3.97. The van der Waals surface area contributed by atoms with Gasteiger partial charge in [-0.3, -0.25) is 5.10 Å². The molecule has 0 bridgehead atoms. The summed E-state index contributed by atoms with van der Waals surface area (Å²) in [5, 5.41) is 16.8.